The summed E-state index contributed by atoms with van der Waals surface area (Å²) in [7, 11) is 0. The minimum atomic E-state index is -0.190. The van der Waals surface area contributed by atoms with Crippen LogP contribution in [0.2, 0.25) is 0 Å². The van der Waals surface area contributed by atoms with Crippen molar-refractivity contribution in [3.8, 4) is 0 Å². The third kappa shape index (κ3) is 7.33. The SMILES string of the molecule is CC(CO)C(C)NCC(=O)NC(C)(C)C. The van der Waals surface area contributed by atoms with Gasteiger partial charge in [-0.15, -0.1) is 0 Å². The summed E-state index contributed by atoms with van der Waals surface area (Å²) in [5.74, 6) is 0.145. The molecule has 4 nitrogen and oxygen atoms in total. The van der Waals surface area contributed by atoms with Gasteiger partial charge < -0.3 is 15.7 Å². The van der Waals surface area contributed by atoms with E-state index < -0.39 is 0 Å². The number of amides is 1. The molecule has 0 aliphatic rings. The number of aliphatic hydroxyl groups excluding tert-OH is 1. The van der Waals surface area contributed by atoms with Gasteiger partial charge in [-0.25, -0.2) is 0 Å². The van der Waals surface area contributed by atoms with E-state index in [4.69, 9.17) is 5.11 Å². The molecular formula is C11H24N2O2. The molecule has 0 aliphatic heterocycles. The van der Waals surface area contributed by atoms with Crippen LogP contribution in [0.4, 0.5) is 0 Å². The van der Waals surface area contributed by atoms with E-state index in [9.17, 15) is 4.79 Å². The first-order valence-electron chi connectivity index (χ1n) is 5.41. The standard InChI is InChI=1S/C11H24N2O2/c1-8(7-14)9(2)12-6-10(15)13-11(3,4)5/h8-9,12,14H,6-7H2,1-5H3,(H,13,15). The van der Waals surface area contributed by atoms with Crippen molar-refractivity contribution in [2.24, 2.45) is 5.92 Å². The Bertz CT molecular complexity index is 199. The summed E-state index contributed by atoms with van der Waals surface area (Å²) in [6, 6.07) is 0.140. The van der Waals surface area contributed by atoms with Crippen LogP contribution in [0.1, 0.15) is 34.6 Å². The molecule has 0 spiro atoms. The lowest BCUT2D eigenvalue weighted by molar-refractivity contribution is -0.121. The predicted octanol–water partition coefficient (Wildman–Crippen LogP) is 0.508. The first-order chi connectivity index (χ1) is 6.76. The van der Waals surface area contributed by atoms with Crippen molar-refractivity contribution in [3.63, 3.8) is 0 Å². The maximum Gasteiger partial charge on any atom is 0.234 e. The maximum absolute atomic E-state index is 11.4. The molecule has 1 amide bonds. The number of hydrogen-bond donors (Lipinski definition) is 3. The van der Waals surface area contributed by atoms with Crippen LogP contribution < -0.4 is 10.6 Å². The molecule has 0 bridgehead atoms. The Morgan fingerprint density at radius 1 is 1.33 bits per heavy atom. The number of carbonyl (C=O) groups is 1. The van der Waals surface area contributed by atoms with Gasteiger partial charge in [0.1, 0.15) is 0 Å². The van der Waals surface area contributed by atoms with E-state index in [-0.39, 0.29) is 30.0 Å². The fraction of sp³-hybridized carbons (Fsp3) is 0.909. The Balaban J connectivity index is 3.81. The van der Waals surface area contributed by atoms with Crippen LogP contribution in [0.5, 0.6) is 0 Å². The van der Waals surface area contributed by atoms with Crippen LogP contribution in [0.15, 0.2) is 0 Å². The molecule has 0 radical (unpaired) electrons. The summed E-state index contributed by atoms with van der Waals surface area (Å²) in [4.78, 5) is 11.4. The first kappa shape index (κ1) is 14.4. The molecule has 0 aromatic carbocycles. The molecule has 0 fully saturated rings. The van der Waals surface area contributed by atoms with Gasteiger partial charge in [0, 0.05) is 18.2 Å². The number of aliphatic hydroxyl groups is 1. The van der Waals surface area contributed by atoms with E-state index in [1.807, 2.05) is 34.6 Å². The molecule has 0 aromatic heterocycles. The highest BCUT2D eigenvalue weighted by atomic mass is 16.3. The quantitative estimate of drug-likeness (QED) is 0.627. The van der Waals surface area contributed by atoms with Crippen LogP contribution >= 0.6 is 0 Å². The van der Waals surface area contributed by atoms with Crippen LogP contribution in [0.25, 0.3) is 0 Å². The van der Waals surface area contributed by atoms with Gasteiger partial charge in [0.25, 0.3) is 0 Å². The Morgan fingerprint density at radius 3 is 2.27 bits per heavy atom. The van der Waals surface area contributed by atoms with Crippen LogP contribution in [0.3, 0.4) is 0 Å². The average Bonchev–Trinajstić information content (AvgIpc) is 2.10. The lowest BCUT2D eigenvalue weighted by atomic mass is 10.1. The molecule has 0 saturated carbocycles. The van der Waals surface area contributed by atoms with Crippen LogP contribution in [0, 0.1) is 5.92 Å². The molecule has 2 unspecified atom stereocenters. The summed E-state index contributed by atoms with van der Waals surface area (Å²) in [5.41, 5.74) is -0.190. The van der Waals surface area contributed by atoms with Crippen molar-refractivity contribution < 1.29 is 9.90 Å². The molecule has 3 N–H and O–H groups in total. The summed E-state index contributed by atoms with van der Waals surface area (Å²) in [6.07, 6.45) is 0. The largest absolute Gasteiger partial charge is 0.396 e. The molecule has 0 rings (SSSR count). The van der Waals surface area contributed by atoms with Crippen LogP contribution in [-0.2, 0) is 4.79 Å². The molecule has 0 heterocycles. The Morgan fingerprint density at radius 2 is 1.87 bits per heavy atom. The van der Waals surface area contributed by atoms with Gasteiger partial charge in [-0.1, -0.05) is 6.92 Å². The summed E-state index contributed by atoms with van der Waals surface area (Å²) >= 11 is 0. The fourth-order valence-electron chi connectivity index (χ4n) is 1.08. The summed E-state index contributed by atoms with van der Waals surface area (Å²) < 4.78 is 0. The average molecular weight is 216 g/mol. The third-order valence-corrected chi connectivity index (χ3v) is 2.24. The van der Waals surface area contributed by atoms with Crippen molar-refractivity contribution in [1.29, 1.82) is 0 Å². The van der Waals surface area contributed by atoms with Gasteiger partial charge >= 0.3 is 0 Å². The second-order valence-corrected chi connectivity index (χ2v) is 5.13. The van der Waals surface area contributed by atoms with E-state index in [2.05, 4.69) is 10.6 Å². The minimum absolute atomic E-state index is 0.0144. The van der Waals surface area contributed by atoms with Gasteiger partial charge in [0.15, 0.2) is 0 Å². The number of carbonyl (C=O) groups excluding carboxylic acids is 1. The molecule has 15 heavy (non-hydrogen) atoms. The molecule has 4 heteroatoms. The highest BCUT2D eigenvalue weighted by Crippen LogP contribution is 2.00. The first-order valence-corrected chi connectivity index (χ1v) is 5.41. The van der Waals surface area contributed by atoms with Gasteiger partial charge in [0.05, 0.1) is 6.54 Å². The minimum Gasteiger partial charge on any atom is -0.396 e. The molecular weight excluding hydrogens is 192 g/mol. The normalized spacial score (nSPS) is 15.9. The lowest BCUT2D eigenvalue weighted by Crippen LogP contribution is -2.47. The number of hydrogen-bond acceptors (Lipinski definition) is 3. The highest BCUT2D eigenvalue weighted by Gasteiger charge is 2.15. The van der Waals surface area contributed by atoms with E-state index in [1.54, 1.807) is 0 Å². The van der Waals surface area contributed by atoms with E-state index in [1.165, 1.54) is 0 Å². The maximum atomic E-state index is 11.4. The van der Waals surface area contributed by atoms with E-state index in [0.29, 0.717) is 6.54 Å². The monoisotopic (exact) mass is 216 g/mol. The van der Waals surface area contributed by atoms with Crippen molar-refractivity contribution in [2.45, 2.75) is 46.2 Å². The van der Waals surface area contributed by atoms with Gasteiger partial charge in [-0.2, -0.15) is 0 Å². The lowest BCUT2D eigenvalue weighted by Gasteiger charge is -2.23. The highest BCUT2D eigenvalue weighted by molar-refractivity contribution is 5.78. The number of rotatable bonds is 5. The topological polar surface area (TPSA) is 61.4 Å². The second kappa shape index (κ2) is 6.08. The van der Waals surface area contributed by atoms with Crippen molar-refractivity contribution in [3.05, 3.63) is 0 Å². The summed E-state index contributed by atoms with van der Waals surface area (Å²) in [6.45, 7) is 10.2. The summed E-state index contributed by atoms with van der Waals surface area (Å²) in [5, 5.41) is 14.9. The molecule has 0 aliphatic carbocycles. The van der Waals surface area contributed by atoms with E-state index >= 15 is 0 Å². The van der Waals surface area contributed by atoms with Gasteiger partial charge in [-0.3, -0.25) is 4.79 Å². The van der Waals surface area contributed by atoms with Crippen LogP contribution in [-0.4, -0.2) is 35.7 Å². The zero-order chi connectivity index (χ0) is 12.1. The van der Waals surface area contributed by atoms with Crippen molar-refractivity contribution >= 4 is 5.91 Å². The third-order valence-electron chi connectivity index (χ3n) is 2.24. The van der Waals surface area contributed by atoms with Gasteiger partial charge in [0.2, 0.25) is 5.91 Å². The molecule has 2 atom stereocenters. The predicted molar refractivity (Wildman–Crippen MR) is 61.6 cm³/mol. The Hall–Kier alpha value is -0.610. The molecule has 0 saturated heterocycles. The van der Waals surface area contributed by atoms with Crippen molar-refractivity contribution in [2.75, 3.05) is 13.2 Å². The van der Waals surface area contributed by atoms with E-state index in [0.717, 1.165) is 0 Å². The zero-order valence-electron chi connectivity index (χ0n) is 10.4. The fourth-order valence-corrected chi connectivity index (χ4v) is 1.08. The van der Waals surface area contributed by atoms with Crippen molar-refractivity contribution in [1.82, 2.24) is 10.6 Å². The Labute approximate surface area is 92.4 Å². The Kier molecular flexibility index (Phi) is 5.83. The molecule has 0 aromatic rings. The zero-order valence-corrected chi connectivity index (χ0v) is 10.4. The number of nitrogens with one attached hydrogen (secondary N) is 2. The second-order valence-electron chi connectivity index (χ2n) is 5.13. The molecule has 90 valence electrons. The van der Waals surface area contributed by atoms with Gasteiger partial charge in [-0.05, 0) is 33.6 Å². The smallest absolute Gasteiger partial charge is 0.234 e.